The van der Waals surface area contributed by atoms with Gasteiger partial charge >= 0.3 is 0 Å². The topological polar surface area (TPSA) is 0 Å². The molecule has 3 heterocycles. The fourth-order valence-corrected chi connectivity index (χ4v) is 12.6. The van der Waals surface area contributed by atoms with Crippen LogP contribution >= 0.6 is 34.0 Å². The quantitative estimate of drug-likeness (QED) is 0.135. The Morgan fingerprint density at radius 1 is 0.327 bits per heavy atom. The number of rotatable bonds is 0. The van der Waals surface area contributed by atoms with Crippen molar-refractivity contribution in [3.8, 4) is 22.3 Å². The lowest BCUT2D eigenvalue weighted by Crippen LogP contribution is -1.99. The predicted molar refractivity (Wildman–Crippen MR) is 243 cm³/mol. The molecular formula is C52H30S3. The molecule has 2 aliphatic rings. The van der Waals surface area contributed by atoms with Crippen molar-refractivity contribution in [3.05, 3.63) is 178 Å². The minimum absolute atomic E-state index is 1.05. The first-order chi connectivity index (χ1) is 27.2. The van der Waals surface area contributed by atoms with Crippen LogP contribution in [0.25, 0.3) is 106 Å². The zero-order valence-corrected chi connectivity index (χ0v) is 32.1. The number of fused-ring (bicyclic) bond motifs is 13. The molecule has 55 heavy (non-hydrogen) atoms. The average Bonchev–Trinajstić information content (AvgIpc) is 3.98. The summed E-state index contributed by atoms with van der Waals surface area (Å²) in [5.41, 5.74) is 11.6. The summed E-state index contributed by atoms with van der Waals surface area (Å²) in [4.78, 5) is 0. The van der Waals surface area contributed by atoms with Gasteiger partial charge in [-0.15, -0.1) is 34.0 Å². The minimum atomic E-state index is 1.05. The lowest BCUT2D eigenvalue weighted by Gasteiger charge is -2.20. The zero-order valence-electron chi connectivity index (χ0n) is 29.7. The molecule has 0 unspecified atom stereocenters. The van der Waals surface area contributed by atoms with Crippen molar-refractivity contribution < 1.29 is 0 Å². The maximum atomic E-state index is 2.44. The van der Waals surface area contributed by atoms with Crippen LogP contribution in [0.2, 0.25) is 0 Å². The summed E-state index contributed by atoms with van der Waals surface area (Å²) < 4.78 is 4.19. The molecule has 0 spiro atoms. The SMILES string of the molecule is c1ccc2c(c1)Cc1csc3cc4cc5cc6ccccc6cc5cc4c-2c13.c1ccc2c(c1)Cc1csc3cc4cc5ccc6sccc6c5cc4c-2c13. The van der Waals surface area contributed by atoms with Crippen molar-refractivity contribution in [2.45, 2.75) is 12.8 Å². The van der Waals surface area contributed by atoms with Crippen LogP contribution in [-0.2, 0) is 12.8 Å². The van der Waals surface area contributed by atoms with E-state index in [0.29, 0.717) is 0 Å². The van der Waals surface area contributed by atoms with Gasteiger partial charge in [-0.05, 0) is 188 Å². The van der Waals surface area contributed by atoms with Gasteiger partial charge in [-0.25, -0.2) is 0 Å². The van der Waals surface area contributed by atoms with E-state index in [9.17, 15) is 0 Å². The molecule has 0 N–H and O–H groups in total. The maximum Gasteiger partial charge on any atom is 0.0358 e. The molecule has 14 rings (SSSR count). The average molecular weight is 751 g/mol. The highest BCUT2D eigenvalue weighted by atomic mass is 32.1. The first kappa shape index (κ1) is 30.5. The summed E-state index contributed by atoms with van der Waals surface area (Å²) in [5.74, 6) is 0. The molecule has 9 aromatic carbocycles. The van der Waals surface area contributed by atoms with Crippen LogP contribution in [0, 0.1) is 0 Å². The number of hydrogen-bond donors (Lipinski definition) is 0. The Labute approximate surface area is 329 Å². The molecule has 0 nitrogen and oxygen atoms in total. The summed E-state index contributed by atoms with van der Waals surface area (Å²) >= 11 is 5.60. The Kier molecular flexibility index (Phi) is 6.29. The van der Waals surface area contributed by atoms with Crippen LogP contribution in [0.5, 0.6) is 0 Å². The normalized spacial score (nSPS) is 12.9. The number of thiophene rings is 3. The van der Waals surface area contributed by atoms with Crippen molar-refractivity contribution in [1.82, 2.24) is 0 Å². The van der Waals surface area contributed by atoms with Crippen LogP contribution in [0.15, 0.2) is 156 Å². The zero-order chi connectivity index (χ0) is 35.8. The van der Waals surface area contributed by atoms with E-state index in [1.54, 1.807) is 0 Å². The number of hydrogen-bond acceptors (Lipinski definition) is 3. The van der Waals surface area contributed by atoms with Gasteiger partial charge in [-0.2, -0.15) is 0 Å². The van der Waals surface area contributed by atoms with E-state index in [0.717, 1.165) is 12.8 Å². The Morgan fingerprint density at radius 2 is 0.873 bits per heavy atom. The van der Waals surface area contributed by atoms with E-state index in [-0.39, 0.29) is 0 Å². The molecule has 0 fully saturated rings. The van der Waals surface area contributed by atoms with E-state index < -0.39 is 0 Å². The minimum Gasteiger partial charge on any atom is -0.144 e. The molecule has 0 radical (unpaired) electrons. The standard InChI is InChI=1S/C27H16S.C25H14S2/c1-2-6-17-10-20-13-24-21(12-19(20)9-16(17)5-1)14-25-26-22(15-28-25)11-18-7-3-4-8-23(18)27(24)26;1-2-4-18-14(3-1)10-17-13-27-23-11-16-9-15-5-6-22-19(7-8-26-22)20(15)12-21(16)25(18)24(17)23/h1-10,12-15H,11H2;1-9,11-13H,10H2. The monoisotopic (exact) mass is 750 g/mol. The maximum absolute atomic E-state index is 2.44. The smallest absolute Gasteiger partial charge is 0.0358 e. The van der Waals surface area contributed by atoms with Crippen molar-refractivity contribution in [2.75, 3.05) is 0 Å². The van der Waals surface area contributed by atoms with E-state index in [2.05, 4.69) is 156 Å². The van der Waals surface area contributed by atoms with Crippen LogP contribution in [-0.4, -0.2) is 0 Å². The summed E-state index contributed by atoms with van der Waals surface area (Å²) in [6.07, 6.45) is 2.10. The molecule has 256 valence electrons. The molecule has 0 saturated heterocycles. The third-order valence-corrected chi connectivity index (χ3v) is 15.1. The number of benzene rings is 9. The summed E-state index contributed by atoms with van der Waals surface area (Å²) in [6.45, 7) is 0. The third kappa shape index (κ3) is 4.43. The summed E-state index contributed by atoms with van der Waals surface area (Å²) in [6, 6.07) is 52.4. The van der Waals surface area contributed by atoms with Crippen molar-refractivity contribution in [1.29, 1.82) is 0 Å². The fraction of sp³-hybridized carbons (Fsp3) is 0.0385. The van der Waals surface area contributed by atoms with Gasteiger partial charge in [0, 0.05) is 30.3 Å². The van der Waals surface area contributed by atoms with E-state index in [1.807, 2.05) is 34.0 Å². The Hall–Kier alpha value is -5.84. The van der Waals surface area contributed by atoms with Gasteiger partial charge < -0.3 is 0 Å². The van der Waals surface area contributed by atoms with Gasteiger partial charge in [0.1, 0.15) is 0 Å². The first-order valence-electron chi connectivity index (χ1n) is 18.9. The van der Waals surface area contributed by atoms with Crippen molar-refractivity contribution >= 4 is 118 Å². The molecule has 2 aliphatic carbocycles. The largest absolute Gasteiger partial charge is 0.144 e. The highest BCUT2D eigenvalue weighted by Gasteiger charge is 2.24. The Morgan fingerprint density at radius 3 is 1.53 bits per heavy atom. The van der Waals surface area contributed by atoms with Crippen LogP contribution < -0.4 is 0 Å². The third-order valence-electron chi connectivity index (χ3n) is 12.2. The molecule has 0 bridgehead atoms. The van der Waals surface area contributed by atoms with Gasteiger partial charge in [-0.1, -0.05) is 78.9 Å². The molecule has 0 atom stereocenters. The van der Waals surface area contributed by atoms with Crippen LogP contribution in [0.4, 0.5) is 0 Å². The molecule has 0 amide bonds. The fourth-order valence-electron chi connectivity index (χ4n) is 9.74. The second-order valence-electron chi connectivity index (χ2n) is 15.3. The highest BCUT2D eigenvalue weighted by Crippen LogP contribution is 2.49. The lowest BCUT2D eigenvalue weighted by atomic mass is 9.83. The Bertz CT molecular complexity index is 3610. The van der Waals surface area contributed by atoms with Gasteiger partial charge in [0.05, 0.1) is 0 Å². The first-order valence-corrected chi connectivity index (χ1v) is 21.6. The molecule has 0 aliphatic heterocycles. The molecular weight excluding hydrogens is 721 g/mol. The van der Waals surface area contributed by atoms with Crippen molar-refractivity contribution in [3.63, 3.8) is 0 Å². The molecule has 12 aromatic rings. The molecule has 3 aromatic heterocycles. The second-order valence-corrected chi connectivity index (χ2v) is 18.0. The predicted octanol–water partition coefficient (Wildman–Crippen LogP) is 15.9. The Balaban J connectivity index is 0.000000117. The van der Waals surface area contributed by atoms with E-state index >= 15 is 0 Å². The van der Waals surface area contributed by atoms with E-state index in [1.165, 1.54) is 129 Å². The van der Waals surface area contributed by atoms with Gasteiger partial charge in [0.15, 0.2) is 0 Å². The van der Waals surface area contributed by atoms with Gasteiger partial charge in [0.2, 0.25) is 0 Å². The molecule has 0 saturated carbocycles. The van der Waals surface area contributed by atoms with Crippen LogP contribution in [0.1, 0.15) is 22.3 Å². The summed E-state index contributed by atoms with van der Waals surface area (Å²) in [5, 5.41) is 24.7. The van der Waals surface area contributed by atoms with E-state index in [4.69, 9.17) is 0 Å². The highest BCUT2D eigenvalue weighted by molar-refractivity contribution is 7.18. The summed E-state index contributed by atoms with van der Waals surface area (Å²) in [7, 11) is 0. The van der Waals surface area contributed by atoms with Crippen LogP contribution in [0.3, 0.4) is 0 Å². The van der Waals surface area contributed by atoms with Gasteiger partial charge in [-0.3, -0.25) is 0 Å². The van der Waals surface area contributed by atoms with Crippen molar-refractivity contribution in [2.24, 2.45) is 0 Å². The molecule has 3 heteroatoms. The second kappa shape index (κ2) is 11.3. The van der Waals surface area contributed by atoms with Gasteiger partial charge in [0.25, 0.3) is 0 Å². The lowest BCUT2D eigenvalue weighted by molar-refractivity contribution is 1.21.